The lowest BCUT2D eigenvalue weighted by Crippen LogP contribution is -2.11. The zero-order valence-electron chi connectivity index (χ0n) is 12.2. The Morgan fingerprint density at radius 3 is 2.86 bits per heavy atom. The van der Waals surface area contributed by atoms with Gasteiger partial charge in [0.2, 0.25) is 0 Å². The summed E-state index contributed by atoms with van der Waals surface area (Å²) in [7, 11) is 0. The fraction of sp³-hybridized carbons (Fsp3) is 0.385. The van der Waals surface area contributed by atoms with Gasteiger partial charge >= 0.3 is 5.97 Å². The summed E-state index contributed by atoms with van der Waals surface area (Å²) in [4.78, 5) is 22.2. The van der Waals surface area contributed by atoms with E-state index in [0.717, 1.165) is 6.42 Å². The average molecular weight is 305 g/mol. The molecule has 0 saturated carbocycles. The van der Waals surface area contributed by atoms with Crippen LogP contribution in [0.5, 0.6) is 0 Å². The summed E-state index contributed by atoms with van der Waals surface area (Å²) in [5, 5.41) is 21.9. The predicted molar refractivity (Wildman–Crippen MR) is 75.1 cm³/mol. The van der Waals surface area contributed by atoms with E-state index < -0.39 is 10.9 Å². The van der Waals surface area contributed by atoms with Gasteiger partial charge in [0.25, 0.3) is 5.69 Å². The Bertz CT molecular complexity index is 697. The fourth-order valence-electron chi connectivity index (χ4n) is 1.91. The van der Waals surface area contributed by atoms with E-state index in [2.05, 4.69) is 15.5 Å². The maximum Gasteiger partial charge on any atom is 0.338 e. The van der Waals surface area contributed by atoms with Crippen LogP contribution < -0.4 is 0 Å². The Balaban J connectivity index is 2.05. The Labute approximate surface area is 126 Å². The van der Waals surface area contributed by atoms with Crippen LogP contribution in [0.1, 0.15) is 35.1 Å². The maximum atomic E-state index is 12.0. The summed E-state index contributed by atoms with van der Waals surface area (Å²) in [6.07, 6.45) is 0.855. The highest BCUT2D eigenvalue weighted by Gasteiger charge is 2.16. The number of carbonyl (C=O) groups is 1. The smallest absolute Gasteiger partial charge is 0.338 e. The molecule has 0 aliphatic carbocycles. The van der Waals surface area contributed by atoms with Crippen LogP contribution in [0.2, 0.25) is 0 Å². The molecule has 116 valence electrons. The van der Waals surface area contributed by atoms with Crippen LogP contribution in [0.15, 0.2) is 18.2 Å². The summed E-state index contributed by atoms with van der Waals surface area (Å²) in [6.45, 7) is 4.13. The van der Waals surface area contributed by atoms with Crippen molar-refractivity contribution in [3.05, 3.63) is 45.3 Å². The molecule has 0 spiro atoms. The number of esters is 1. The van der Waals surface area contributed by atoms with E-state index in [9.17, 15) is 14.9 Å². The first kappa shape index (κ1) is 15.5. The van der Waals surface area contributed by atoms with Crippen LogP contribution in [0.4, 0.5) is 5.69 Å². The molecule has 9 heteroatoms. The molecule has 0 amide bonds. The molecule has 2 aromatic rings. The first-order chi connectivity index (χ1) is 10.5. The molecule has 0 bridgehead atoms. The number of aromatic nitrogens is 4. The number of aryl methyl sites for hydroxylation is 2. The minimum Gasteiger partial charge on any atom is -0.454 e. The number of nitro groups is 1. The molecule has 2 rings (SSSR count). The van der Waals surface area contributed by atoms with Crippen LogP contribution in [-0.2, 0) is 17.9 Å². The van der Waals surface area contributed by atoms with Gasteiger partial charge in [0.15, 0.2) is 12.4 Å². The second kappa shape index (κ2) is 6.74. The molecule has 0 N–H and O–H groups in total. The van der Waals surface area contributed by atoms with Crippen molar-refractivity contribution in [2.24, 2.45) is 0 Å². The monoisotopic (exact) mass is 305 g/mol. The van der Waals surface area contributed by atoms with Crippen molar-refractivity contribution in [3.63, 3.8) is 0 Å². The summed E-state index contributed by atoms with van der Waals surface area (Å²) in [6, 6.07) is 4.07. The topological polar surface area (TPSA) is 113 Å². The molecule has 0 aliphatic heterocycles. The fourth-order valence-corrected chi connectivity index (χ4v) is 1.91. The molecule has 0 unspecified atom stereocenters. The molecule has 1 heterocycles. The van der Waals surface area contributed by atoms with Crippen LogP contribution in [0, 0.1) is 17.0 Å². The molecular formula is C13H15N5O4. The van der Waals surface area contributed by atoms with Gasteiger partial charge in [-0.05, 0) is 35.9 Å². The third kappa shape index (κ3) is 3.43. The first-order valence-electron chi connectivity index (χ1n) is 6.70. The predicted octanol–water partition coefficient (Wildman–Crippen LogP) is 1.66. The Hall–Kier alpha value is -2.84. The van der Waals surface area contributed by atoms with Crippen LogP contribution in [0.25, 0.3) is 0 Å². The molecular weight excluding hydrogens is 290 g/mol. The highest BCUT2D eigenvalue weighted by Crippen LogP contribution is 2.19. The Kier molecular flexibility index (Phi) is 4.77. The van der Waals surface area contributed by atoms with Gasteiger partial charge in [0.1, 0.15) is 0 Å². The highest BCUT2D eigenvalue weighted by atomic mass is 16.6. The maximum absolute atomic E-state index is 12.0. The number of benzene rings is 1. The van der Waals surface area contributed by atoms with E-state index in [1.165, 1.54) is 18.2 Å². The molecule has 0 fully saturated rings. The molecule has 0 radical (unpaired) electrons. The number of carbonyl (C=O) groups excluding carboxylic acids is 1. The average Bonchev–Trinajstić information content (AvgIpc) is 2.92. The second-order valence-corrected chi connectivity index (χ2v) is 4.65. The number of ether oxygens (including phenoxy) is 1. The first-order valence-corrected chi connectivity index (χ1v) is 6.70. The van der Waals surface area contributed by atoms with Gasteiger partial charge in [-0.2, -0.15) is 0 Å². The van der Waals surface area contributed by atoms with E-state index >= 15 is 0 Å². The van der Waals surface area contributed by atoms with Crippen LogP contribution in [-0.4, -0.2) is 31.1 Å². The van der Waals surface area contributed by atoms with Crippen molar-refractivity contribution in [2.45, 2.75) is 33.4 Å². The van der Waals surface area contributed by atoms with Gasteiger partial charge in [-0.15, -0.1) is 5.10 Å². The number of rotatable bonds is 6. The highest BCUT2D eigenvalue weighted by molar-refractivity contribution is 5.90. The molecule has 1 aromatic carbocycles. The zero-order valence-corrected chi connectivity index (χ0v) is 12.2. The van der Waals surface area contributed by atoms with E-state index in [1.54, 1.807) is 11.6 Å². The van der Waals surface area contributed by atoms with Gasteiger partial charge in [-0.3, -0.25) is 10.1 Å². The molecule has 0 saturated heterocycles. The van der Waals surface area contributed by atoms with Gasteiger partial charge in [-0.1, -0.05) is 6.92 Å². The lowest BCUT2D eigenvalue weighted by Gasteiger charge is -2.06. The van der Waals surface area contributed by atoms with Gasteiger partial charge in [-0.25, -0.2) is 9.48 Å². The lowest BCUT2D eigenvalue weighted by atomic mass is 10.1. The Morgan fingerprint density at radius 1 is 1.45 bits per heavy atom. The van der Waals surface area contributed by atoms with E-state index in [4.69, 9.17) is 4.74 Å². The summed E-state index contributed by atoms with van der Waals surface area (Å²) in [5.41, 5.74) is 0.608. The van der Waals surface area contributed by atoms with Crippen molar-refractivity contribution >= 4 is 11.7 Å². The second-order valence-electron chi connectivity index (χ2n) is 4.65. The van der Waals surface area contributed by atoms with Crippen LogP contribution >= 0.6 is 0 Å². The lowest BCUT2D eigenvalue weighted by molar-refractivity contribution is -0.385. The minimum absolute atomic E-state index is 0.0385. The van der Waals surface area contributed by atoms with Crippen LogP contribution in [0.3, 0.4) is 0 Å². The van der Waals surface area contributed by atoms with E-state index in [-0.39, 0.29) is 17.9 Å². The number of nitro benzene ring substituents is 1. The van der Waals surface area contributed by atoms with E-state index in [0.29, 0.717) is 17.9 Å². The van der Waals surface area contributed by atoms with Crippen molar-refractivity contribution in [1.82, 2.24) is 20.2 Å². The molecule has 1 aromatic heterocycles. The number of nitrogens with zero attached hydrogens (tertiary/aromatic N) is 5. The van der Waals surface area contributed by atoms with Gasteiger partial charge in [0.05, 0.1) is 10.5 Å². The zero-order chi connectivity index (χ0) is 16.1. The SMILES string of the molecule is CCCn1nnnc1COC(=O)c1ccc([N+](=O)[O-])c(C)c1. The molecule has 0 atom stereocenters. The van der Waals surface area contributed by atoms with Gasteiger partial charge in [0, 0.05) is 18.2 Å². The third-order valence-electron chi connectivity index (χ3n) is 3.00. The minimum atomic E-state index is -0.580. The normalized spacial score (nSPS) is 10.5. The third-order valence-corrected chi connectivity index (χ3v) is 3.00. The number of tetrazole rings is 1. The quantitative estimate of drug-likeness (QED) is 0.453. The van der Waals surface area contributed by atoms with Crippen molar-refractivity contribution in [3.8, 4) is 0 Å². The number of hydrogen-bond donors (Lipinski definition) is 0. The van der Waals surface area contributed by atoms with Crippen molar-refractivity contribution in [2.75, 3.05) is 0 Å². The van der Waals surface area contributed by atoms with E-state index in [1.807, 2.05) is 6.92 Å². The standard InChI is InChI=1S/C13H15N5O4/c1-3-6-17-12(14-15-16-17)8-22-13(19)10-4-5-11(18(20)21)9(2)7-10/h4-5,7H,3,6,8H2,1-2H3. The molecule has 22 heavy (non-hydrogen) atoms. The van der Waals surface area contributed by atoms with Gasteiger partial charge < -0.3 is 4.74 Å². The Morgan fingerprint density at radius 2 is 2.23 bits per heavy atom. The summed E-state index contributed by atoms with van der Waals surface area (Å²) < 4.78 is 6.71. The largest absolute Gasteiger partial charge is 0.454 e. The summed E-state index contributed by atoms with van der Waals surface area (Å²) in [5.74, 6) is -0.127. The van der Waals surface area contributed by atoms with Crippen molar-refractivity contribution in [1.29, 1.82) is 0 Å². The molecule has 9 nitrogen and oxygen atoms in total. The van der Waals surface area contributed by atoms with Crippen molar-refractivity contribution < 1.29 is 14.5 Å². The molecule has 0 aliphatic rings. The number of hydrogen-bond acceptors (Lipinski definition) is 7. The summed E-state index contributed by atoms with van der Waals surface area (Å²) >= 11 is 0.